The zero-order chi connectivity index (χ0) is 25.2. The summed E-state index contributed by atoms with van der Waals surface area (Å²) in [5, 5.41) is 7.10. The third-order valence-electron chi connectivity index (χ3n) is 5.01. The van der Waals surface area contributed by atoms with E-state index < -0.39 is 22.8 Å². The van der Waals surface area contributed by atoms with Crippen LogP contribution in [0.3, 0.4) is 0 Å². The Labute approximate surface area is 202 Å². The van der Waals surface area contributed by atoms with Gasteiger partial charge in [-0.2, -0.15) is 13.2 Å². The molecule has 3 N–H and O–H groups in total. The lowest BCUT2D eigenvalue weighted by atomic mass is 10.1. The zero-order valence-corrected chi connectivity index (χ0v) is 18.8. The summed E-state index contributed by atoms with van der Waals surface area (Å²) in [5.41, 5.74) is 2.20. The van der Waals surface area contributed by atoms with Crippen molar-refractivity contribution in [2.45, 2.75) is 6.18 Å². The van der Waals surface area contributed by atoms with Crippen LogP contribution >= 0.6 is 11.6 Å². The maximum absolute atomic E-state index is 12.8. The number of fused-ring (bicyclic) bond motifs is 1. The largest absolute Gasteiger partial charge is 0.417 e. The zero-order valence-electron chi connectivity index (χ0n) is 18.1. The van der Waals surface area contributed by atoms with Crippen molar-refractivity contribution in [2.75, 3.05) is 17.7 Å². The van der Waals surface area contributed by atoms with Gasteiger partial charge in [-0.1, -0.05) is 23.7 Å². The molecule has 0 saturated carbocycles. The Morgan fingerprint density at radius 1 is 0.943 bits per heavy atom. The first-order valence-electron chi connectivity index (χ1n) is 10.2. The van der Waals surface area contributed by atoms with Gasteiger partial charge in [-0.25, -0.2) is 9.78 Å². The number of anilines is 2. The van der Waals surface area contributed by atoms with Gasteiger partial charge in [0, 0.05) is 30.2 Å². The number of nitrogens with one attached hydrogen (secondary N) is 3. The average molecular weight is 500 g/mol. The number of nitrogens with zero attached hydrogens (tertiary/aromatic N) is 2. The minimum atomic E-state index is -4.59. The predicted molar refractivity (Wildman–Crippen MR) is 127 cm³/mol. The molecule has 4 rings (SSSR count). The quantitative estimate of drug-likeness (QED) is 0.322. The van der Waals surface area contributed by atoms with Crippen LogP contribution in [0.2, 0.25) is 5.02 Å². The molecule has 178 valence electrons. The minimum absolute atomic E-state index is 0.104. The van der Waals surface area contributed by atoms with Crippen molar-refractivity contribution in [1.29, 1.82) is 0 Å². The second-order valence-electron chi connectivity index (χ2n) is 7.35. The van der Waals surface area contributed by atoms with E-state index in [0.29, 0.717) is 33.5 Å². The molecule has 0 bridgehead atoms. The number of amides is 3. The molecule has 3 amide bonds. The number of urea groups is 1. The Bertz CT molecular complexity index is 1430. The topological polar surface area (TPSA) is 96.0 Å². The molecule has 0 fully saturated rings. The van der Waals surface area contributed by atoms with Crippen LogP contribution in [0.25, 0.3) is 22.3 Å². The van der Waals surface area contributed by atoms with Gasteiger partial charge in [0.05, 0.1) is 27.4 Å². The molecule has 0 aliphatic heterocycles. The summed E-state index contributed by atoms with van der Waals surface area (Å²) in [5.74, 6) is -0.296. The minimum Gasteiger partial charge on any atom is -0.355 e. The van der Waals surface area contributed by atoms with Crippen LogP contribution in [0.4, 0.5) is 29.3 Å². The second kappa shape index (κ2) is 9.59. The van der Waals surface area contributed by atoms with E-state index in [1.165, 1.54) is 7.05 Å². The second-order valence-corrected chi connectivity index (χ2v) is 7.76. The molecule has 35 heavy (non-hydrogen) atoms. The van der Waals surface area contributed by atoms with Gasteiger partial charge in [0.25, 0.3) is 5.91 Å². The number of aromatic nitrogens is 2. The van der Waals surface area contributed by atoms with Crippen molar-refractivity contribution in [3.05, 3.63) is 83.0 Å². The van der Waals surface area contributed by atoms with E-state index in [1.807, 2.05) is 0 Å². The molecule has 0 radical (unpaired) electrons. The van der Waals surface area contributed by atoms with Crippen molar-refractivity contribution in [1.82, 2.24) is 15.3 Å². The van der Waals surface area contributed by atoms with E-state index in [2.05, 4.69) is 25.9 Å². The maximum atomic E-state index is 12.8. The van der Waals surface area contributed by atoms with Crippen LogP contribution in [0.15, 0.2) is 66.9 Å². The van der Waals surface area contributed by atoms with Crippen molar-refractivity contribution < 1.29 is 22.8 Å². The molecular formula is C24H17ClF3N5O2. The third-order valence-corrected chi connectivity index (χ3v) is 5.32. The number of carbonyl (C=O) groups excluding carboxylic acids is 2. The summed E-state index contributed by atoms with van der Waals surface area (Å²) >= 11 is 5.68. The highest BCUT2D eigenvalue weighted by atomic mass is 35.5. The van der Waals surface area contributed by atoms with Gasteiger partial charge >= 0.3 is 12.2 Å². The summed E-state index contributed by atoms with van der Waals surface area (Å²) in [6.07, 6.45) is -3.00. The van der Waals surface area contributed by atoms with Gasteiger partial charge in [-0.15, -0.1) is 0 Å². The number of halogens is 4. The first-order valence-corrected chi connectivity index (χ1v) is 10.6. The molecule has 2 aromatic carbocycles. The maximum Gasteiger partial charge on any atom is 0.417 e. The summed E-state index contributed by atoms with van der Waals surface area (Å²) < 4.78 is 38.5. The predicted octanol–water partition coefficient (Wildman–Crippen LogP) is 5.97. The fourth-order valence-electron chi connectivity index (χ4n) is 3.36. The van der Waals surface area contributed by atoms with Crippen molar-refractivity contribution in [3.63, 3.8) is 0 Å². The molecule has 0 unspecified atom stereocenters. The number of alkyl halides is 3. The smallest absolute Gasteiger partial charge is 0.355 e. The highest BCUT2D eigenvalue weighted by Crippen LogP contribution is 2.36. The van der Waals surface area contributed by atoms with Crippen LogP contribution in [0, 0.1) is 0 Å². The van der Waals surface area contributed by atoms with Crippen LogP contribution in [0.5, 0.6) is 0 Å². The summed E-state index contributed by atoms with van der Waals surface area (Å²) in [6, 6.07) is 14.1. The van der Waals surface area contributed by atoms with Gasteiger partial charge in [0.15, 0.2) is 0 Å². The lowest BCUT2D eigenvalue weighted by Gasteiger charge is -2.12. The molecule has 2 aromatic heterocycles. The number of rotatable bonds is 4. The molecule has 11 heteroatoms. The van der Waals surface area contributed by atoms with E-state index in [9.17, 15) is 22.8 Å². The Hall–Kier alpha value is -4.18. The van der Waals surface area contributed by atoms with E-state index >= 15 is 0 Å². The van der Waals surface area contributed by atoms with Crippen LogP contribution in [-0.2, 0) is 6.18 Å². The number of hydrogen-bond donors (Lipinski definition) is 3. The van der Waals surface area contributed by atoms with Gasteiger partial charge < -0.3 is 16.0 Å². The highest BCUT2D eigenvalue weighted by molar-refractivity contribution is 6.31. The van der Waals surface area contributed by atoms with Crippen molar-refractivity contribution >= 4 is 45.9 Å². The van der Waals surface area contributed by atoms with Crippen molar-refractivity contribution in [3.8, 4) is 11.3 Å². The van der Waals surface area contributed by atoms with Crippen LogP contribution in [0.1, 0.15) is 15.9 Å². The van der Waals surface area contributed by atoms with Crippen molar-refractivity contribution in [2.24, 2.45) is 0 Å². The summed E-state index contributed by atoms with van der Waals surface area (Å²) in [4.78, 5) is 33.4. The standard InChI is InChI=1S/C24H17ClF3N5O2/c1-29-22(34)16-12-20(33-19-3-2-10-30-21(16)19)13-4-6-14(7-5-13)31-23(35)32-15-8-9-17(18(25)11-15)24(26,27)28/h2-12H,1H3,(H,29,34)(H2,31,32,35). The van der Waals surface area contributed by atoms with E-state index in [1.54, 1.807) is 48.7 Å². The molecule has 0 saturated heterocycles. The van der Waals surface area contributed by atoms with Crippen LogP contribution in [-0.4, -0.2) is 29.0 Å². The summed E-state index contributed by atoms with van der Waals surface area (Å²) in [6.45, 7) is 0. The SMILES string of the molecule is CNC(=O)c1cc(-c2ccc(NC(=O)Nc3ccc(C(F)(F)F)c(Cl)c3)cc2)nc2cccnc12. The third kappa shape index (κ3) is 5.33. The molecule has 4 aromatic rings. The Morgan fingerprint density at radius 3 is 2.29 bits per heavy atom. The number of pyridine rings is 2. The highest BCUT2D eigenvalue weighted by Gasteiger charge is 2.33. The normalized spacial score (nSPS) is 11.2. The average Bonchev–Trinajstić information content (AvgIpc) is 2.82. The molecule has 0 spiro atoms. The van der Waals surface area contributed by atoms with E-state index in [0.717, 1.165) is 18.2 Å². The monoisotopic (exact) mass is 499 g/mol. The molecule has 0 aliphatic rings. The Morgan fingerprint density at radius 2 is 1.63 bits per heavy atom. The van der Waals surface area contributed by atoms with Gasteiger partial charge in [0.2, 0.25) is 0 Å². The Balaban J connectivity index is 1.51. The summed E-state index contributed by atoms with van der Waals surface area (Å²) in [7, 11) is 1.53. The lowest BCUT2D eigenvalue weighted by molar-refractivity contribution is -0.137. The molecule has 2 heterocycles. The first kappa shape index (κ1) is 24.0. The number of benzene rings is 2. The van der Waals surface area contributed by atoms with E-state index in [4.69, 9.17) is 11.6 Å². The van der Waals surface area contributed by atoms with Gasteiger partial charge in [-0.3, -0.25) is 9.78 Å². The number of hydrogen-bond acceptors (Lipinski definition) is 4. The fraction of sp³-hybridized carbons (Fsp3) is 0.0833. The molecule has 0 atom stereocenters. The first-order chi connectivity index (χ1) is 16.7. The fourth-order valence-corrected chi connectivity index (χ4v) is 3.65. The number of carbonyl (C=O) groups is 2. The van der Waals surface area contributed by atoms with Gasteiger partial charge in [0.1, 0.15) is 5.52 Å². The van der Waals surface area contributed by atoms with Gasteiger partial charge in [-0.05, 0) is 48.5 Å². The molecular weight excluding hydrogens is 483 g/mol. The lowest BCUT2D eigenvalue weighted by Crippen LogP contribution is -2.19. The Kier molecular flexibility index (Phi) is 6.57. The van der Waals surface area contributed by atoms with Crippen LogP contribution < -0.4 is 16.0 Å². The molecule has 0 aliphatic carbocycles. The van der Waals surface area contributed by atoms with E-state index in [-0.39, 0.29) is 11.6 Å². The molecule has 7 nitrogen and oxygen atoms in total.